The highest BCUT2D eigenvalue weighted by Crippen LogP contribution is 2.34. The van der Waals surface area contributed by atoms with Crippen molar-refractivity contribution < 1.29 is 26.4 Å². The van der Waals surface area contributed by atoms with Crippen molar-refractivity contribution in [2.75, 3.05) is 18.0 Å². The van der Waals surface area contributed by atoms with Crippen molar-refractivity contribution in [3.8, 4) is 11.1 Å². The Morgan fingerprint density at radius 3 is 2.36 bits per heavy atom. The molecule has 2 heterocycles. The summed E-state index contributed by atoms with van der Waals surface area (Å²) in [6.07, 6.45) is 0. The van der Waals surface area contributed by atoms with E-state index in [0.717, 1.165) is 0 Å². The molecular formula is C24H18F2N2O4S. The predicted octanol–water partition coefficient (Wildman–Crippen LogP) is 4.67. The van der Waals surface area contributed by atoms with Gasteiger partial charge < -0.3 is 9.32 Å². The summed E-state index contributed by atoms with van der Waals surface area (Å²) in [7, 11) is -4.20. The third-order valence-electron chi connectivity index (χ3n) is 5.43. The highest BCUT2D eigenvalue weighted by atomic mass is 32.2. The minimum absolute atomic E-state index is 0.0401. The average molecular weight is 468 g/mol. The third kappa shape index (κ3) is 4.07. The summed E-state index contributed by atoms with van der Waals surface area (Å²) in [5, 5.41) is 0.554. The van der Waals surface area contributed by atoms with Crippen LogP contribution in [0.15, 0.2) is 88.2 Å². The topological polar surface area (TPSA) is 79.6 Å². The van der Waals surface area contributed by atoms with Gasteiger partial charge in [0.05, 0.1) is 18.0 Å². The molecule has 6 nitrogen and oxygen atoms in total. The van der Waals surface area contributed by atoms with Crippen molar-refractivity contribution in [2.45, 2.75) is 10.8 Å². The zero-order valence-electron chi connectivity index (χ0n) is 17.2. The standard InChI is InChI=1S/C24H18F2N2O4S/c25-24(26)14-28(15-24)18-11-10-17-12-21(32-20(17)13-18)23(29)27-33(30,31)22-9-5-4-8-19(22)16-6-2-1-3-7-16/h1-13H,14-15H2,(H,27,29). The van der Waals surface area contributed by atoms with Gasteiger partial charge in [-0.05, 0) is 29.8 Å². The SMILES string of the molecule is O=C(NS(=O)(=O)c1ccccc1-c1ccccc1)c1cc2ccc(N3CC(F)(F)C3)cc2o1. The Labute approximate surface area is 188 Å². The zero-order valence-corrected chi connectivity index (χ0v) is 18.0. The normalized spacial score (nSPS) is 15.3. The van der Waals surface area contributed by atoms with Gasteiger partial charge in [0.25, 0.3) is 15.9 Å². The zero-order chi connectivity index (χ0) is 23.2. The molecule has 0 spiro atoms. The first-order valence-electron chi connectivity index (χ1n) is 10.1. The second-order valence-electron chi connectivity index (χ2n) is 7.84. The molecule has 0 atom stereocenters. The van der Waals surface area contributed by atoms with E-state index in [0.29, 0.717) is 27.8 Å². The van der Waals surface area contributed by atoms with Gasteiger partial charge in [-0.1, -0.05) is 48.5 Å². The lowest BCUT2D eigenvalue weighted by Gasteiger charge is -2.40. The van der Waals surface area contributed by atoms with Crippen molar-refractivity contribution in [1.82, 2.24) is 4.72 Å². The molecule has 0 bridgehead atoms. The van der Waals surface area contributed by atoms with Crippen LogP contribution in [0.1, 0.15) is 10.6 Å². The molecule has 0 aliphatic carbocycles. The van der Waals surface area contributed by atoms with Crippen LogP contribution in [0.3, 0.4) is 0 Å². The fourth-order valence-corrected chi connectivity index (χ4v) is 5.00. The molecule has 1 amide bonds. The fourth-order valence-electron chi connectivity index (χ4n) is 3.81. The number of carbonyl (C=O) groups is 1. The third-order valence-corrected chi connectivity index (χ3v) is 6.81. The number of benzene rings is 3. The van der Waals surface area contributed by atoms with Gasteiger partial charge in [-0.15, -0.1) is 0 Å². The summed E-state index contributed by atoms with van der Waals surface area (Å²) in [6, 6.07) is 21.6. The Balaban J connectivity index is 1.41. The van der Waals surface area contributed by atoms with Crippen molar-refractivity contribution in [1.29, 1.82) is 0 Å². The van der Waals surface area contributed by atoms with Crippen LogP contribution in [-0.2, 0) is 10.0 Å². The molecular weight excluding hydrogens is 450 g/mol. The van der Waals surface area contributed by atoms with Gasteiger partial charge in [0.15, 0.2) is 5.76 Å². The van der Waals surface area contributed by atoms with Crippen LogP contribution in [0.2, 0.25) is 0 Å². The Kier molecular flexibility index (Phi) is 4.93. The van der Waals surface area contributed by atoms with E-state index in [1.165, 1.54) is 17.0 Å². The van der Waals surface area contributed by atoms with Gasteiger partial charge in [0, 0.05) is 22.7 Å². The van der Waals surface area contributed by atoms with Gasteiger partial charge in [0.2, 0.25) is 0 Å². The summed E-state index contributed by atoms with van der Waals surface area (Å²) in [6.45, 7) is -0.767. The van der Waals surface area contributed by atoms with Gasteiger partial charge >= 0.3 is 5.91 Å². The number of amides is 1. The summed E-state index contributed by atoms with van der Waals surface area (Å²) in [5.41, 5.74) is 1.99. The van der Waals surface area contributed by atoms with Gasteiger partial charge in [-0.25, -0.2) is 21.9 Å². The second-order valence-corrected chi connectivity index (χ2v) is 9.49. The monoisotopic (exact) mass is 468 g/mol. The van der Waals surface area contributed by atoms with Crippen LogP contribution in [0.25, 0.3) is 22.1 Å². The molecule has 5 rings (SSSR count). The molecule has 4 aromatic rings. The van der Waals surface area contributed by atoms with E-state index in [1.807, 2.05) is 6.07 Å². The van der Waals surface area contributed by atoms with Crippen molar-refractivity contribution >= 4 is 32.6 Å². The summed E-state index contributed by atoms with van der Waals surface area (Å²) < 4.78 is 60.0. The maximum absolute atomic E-state index is 13.2. The van der Waals surface area contributed by atoms with Crippen molar-refractivity contribution in [2.24, 2.45) is 0 Å². The number of hydrogen-bond acceptors (Lipinski definition) is 5. The molecule has 3 aromatic carbocycles. The number of fused-ring (bicyclic) bond motifs is 1. The first kappa shape index (κ1) is 21.1. The number of hydrogen-bond donors (Lipinski definition) is 1. The first-order chi connectivity index (χ1) is 15.7. The largest absolute Gasteiger partial charge is 0.451 e. The predicted molar refractivity (Wildman–Crippen MR) is 120 cm³/mol. The quantitative estimate of drug-likeness (QED) is 0.460. The Hall–Kier alpha value is -3.72. The molecule has 1 aliphatic rings. The maximum atomic E-state index is 13.2. The summed E-state index contributed by atoms with van der Waals surface area (Å²) in [4.78, 5) is 14.2. The van der Waals surface area contributed by atoms with E-state index in [2.05, 4.69) is 4.72 Å². The number of sulfonamides is 1. The molecule has 1 saturated heterocycles. The molecule has 1 aliphatic heterocycles. The van der Waals surface area contributed by atoms with E-state index in [-0.39, 0.29) is 23.7 Å². The summed E-state index contributed by atoms with van der Waals surface area (Å²) >= 11 is 0. The number of carbonyl (C=O) groups excluding carboxylic acids is 1. The van der Waals surface area contributed by atoms with E-state index in [1.54, 1.807) is 60.7 Å². The number of rotatable bonds is 5. The van der Waals surface area contributed by atoms with Crippen LogP contribution < -0.4 is 9.62 Å². The van der Waals surface area contributed by atoms with Crippen LogP contribution in [0, 0.1) is 0 Å². The number of halogens is 2. The van der Waals surface area contributed by atoms with Gasteiger partial charge in [0.1, 0.15) is 5.58 Å². The number of nitrogens with one attached hydrogen (secondary N) is 1. The first-order valence-corrected chi connectivity index (χ1v) is 11.6. The van der Waals surface area contributed by atoms with Crippen LogP contribution in [0.4, 0.5) is 14.5 Å². The fraction of sp³-hybridized carbons (Fsp3) is 0.125. The second kappa shape index (κ2) is 7.70. The Bertz CT molecular complexity index is 1460. The van der Waals surface area contributed by atoms with E-state index >= 15 is 0 Å². The van der Waals surface area contributed by atoms with Crippen molar-refractivity contribution in [3.63, 3.8) is 0 Å². The molecule has 1 fully saturated rings. The van der Waals surface area contributed by atoms with E-state index in [4.69, 9.17) is 4.42 Å². The summed E-state index contributed by atoms with van der Waals surface area (Å²) in [5.74, 6) is -3.84. The number of furan rings is 1. The molecule has 0 unspecified atom stereocenters. The lowest BCUT2D eigenvalue weighted by atomic mass is 10.1. The minimum Gasteiger partial charge on any atom is -0.451 e. The van der Waals surface area contributed by atoms with Crippen LogP contribution in [0.5, 0.6) is 0 Å². The minimum atomic E-state index is -4.20. The van der Waals surface area contributed by atoms with Crippen LogP contribution in [-0.4, -0.2) is 33.3 Å². The van der Waals surface area contributed by atoms with Gasteiger partial charge in [-0.2, -0.15) is 0 Å². The number of anilines is 1. The molecule has 1 N–H and O–H groups in total. The molecule has 1 aromatic heterocycles. The molecule has 9 heteroatoms. The van der Waals surface area contributed by atoms with E-state index in [9.17, 15) is 22.0 Å². The maximum Gasteiger partial charge on any atom is 0.300 e. The molecule has 33 heavy (non-hydrogen) atoms. The number of nitrogens with zero attached hydrogens (tertiary/aromatic N) is 1. The smallest absolute Gasteiger partial charge is 0.300 e. The lowest BCUT2D eigenvalue weighted by Crippen LogP contribution is -2.56. The van der Waals surface area contributed by atoms with Gasteiger partial charge in [-0.3, -0.25) is 4.79 Å². The molecule has 0 saturated carbocycles. The molecule has 168 valence electrons. The highest BCUT2D eigenvalue weighted by molar-refractivity contribution is 7.90. The Morgan fingerprint density at radius 2 is 1.64 bits per heavy atom. The van der Waals surface area contributed by atoms with E-state index < -0.39 is 21.9 Å². The van der Waals surface area contributed by atoms with Crippen molar-refractivity contribution in [3.05, 3.63) is 84.6 Å². The highest BCUT2D eigenvalue weighted by Gasteiger charge is 2.44. The van der Waals surface area contributed by atoms with Crippen LogP contribution >= 0.6 is 0 Å². The lowest BCUT2D eigenvalue weighted by molar-refractivity contribution is -0.0262. The average Bonchev–Trinajstić information content (AvgIpc) is 3.21. The Morgan fingerprint density at radius 1 is 0.939 bits per heavy atom. The number of alkyl halides is 2. The molecule has 0 radical (unpaired) electrons.